The number of nitrogens with one attached hydrogen (secondary N) is 1. The number of ether oxygens (including phenoxy) is 1. The molecule has 0 bridgehead atoms. The number of carbonyl (C=O) groups is 2. The second kappa shape index (κ2) is 19.2. The summed E-state index contributed by atoms with van der Waals surface area (Å²) in [5.74, 6) is 0.582. The Kier molecular flexibility index (Phi) is 16.1. The average molecular weight is 581 g/mol. The van der Waals surface area contributed by atoms with Crippen LogP contribution in [0.5, 0.6) is 11.5 Å². The van der Waals surface area contributed by atoms with Crippen LogP contribution in [0.4, 0.5) is 5.69 Å². The van der Waals surface area contributed by atoms with Crippen molar-refractivity contribution in [3.05, 3.63) is 52.1 Å². The van der Waals surface area contributed by atoms with Crippen LogP contribution in [0.1, 0.15) is 137 Å². The van der Waals surface area contributed by atoms with E-state index in [9.17, 15) is 14.7 Å². The Morgan fingerprint density at radius 1 is 0.786 bits per heavy atom. The average Bonchev–Trinajstić information content (AvgIpc) is 2.98. The number of anilines is 1. The van der Waals surface area contributed by atoms with Gasteiger partial charge in [-0.1, -0.05) is 91.0 Å². The normalized spacial score (nSPS) is 11.0. The second-order valence-corrected chi connectivity index (χ2v) is 11.7. The minimum atomic E-state index is -0.0921. The highest BCUT2D eigenvalue weighted by atomic mass is 16.5. The molecule has 6 heteroatoms. The van der Waals surface area contributed by atoms with E-state index < -0.39 is 0 Å². The monoisotopic (exact) mass is 580 g/mol. The molecule has 0 aliphatic heterocycles. The van der Waals surface area contributed by atoms with Crippen molar-refractivity contribution in [1.29, 1.82) is 0 Å². The SMILES string of the molecule is CCCCCCCCN(CCCCCCCC)C(=O)c1cc(Cc2c(C)cc(OC)cc2NC(=O)CC)cc(C)c1O. The van der Waals surface area contributed by atoms with E-state index in [1.54, 1.807) is 7.11 Å². The number of phenolic OH excluding ortho intramolecular Hbond substituents is 1. The van der Waals surface area contributed by atoms with Gasteiger partial charge in [-0.15, -0.1) is 0 Å². The molecular weight excluding hydrogens is 524 g/mol. The number of phenols is 1. The van der Waals surface area contributed by atoms with Crippen LogP contribution < -0.4 is 10.1 Å². The molecule has 0 unspecified atom stereocenters. The van der Waals surface area contributed by atoms with E-state index in [1.807, 2.05) is 49.9 Å². The van der Waals surface area contributed by atoms with Crippen LogP contribution >= 0.6 is 0 Å². The predicted molar refractivity (Wildman–Crippen MR) is 175 cm³/mol. The summed E-state index contributed by atoms with van der Waals surface area (Å²) < 4.78 is 5.45. The number of aryl methyl sites for hydroxylation is 2. The molecule has 0 aromatic heterocycles. The zero-order chi connectivity index (χ0) is 30.9. The number of hydrogen-bond donors (Lipinski definition) is 2. The smallest absolute Gasteiger partial charge is 0.257 e. The molecule has 2 aromatic rings. The van der Waals surface area contributed by atoms with Crippen LogP contribution in [0, 0.1) is 13.8 Å². The molecule has 0 saturated carbocycles. The van der Waals surface area contributed by atoms with Crippen LogP contribution in [0.2, 0.25) is 0 Å². The summed E-state index contributed by atoms with van der Waals surface area (Å²) in [4.78, 5) is 28.2. The molecule has 42 heavy (non-hydrogen) atoms. The molecule has 234 valence electrons. The number of carbonyl (C=O) groups excluding carboxylic acids is 2. The van der Waals surface area contributed by atoms with Gasteiger partial charge in [0.1, 0.15) is 11.5 Å². The lowest BCUT2D eigenvalue weighted by Crippen LogP contribution is -2.33. The zero-order valence-corrected chi connectivity index (χ0v) is 27.2. The van der Waals surface area contributed by atoms with Crippen LogP contribution in [-0.2, 0) is 11.2 Å². The van der Waals surface area contributed by atoms with Crippen molar-refractivity contribution in [3.8, 4) is 11.5 Å². The van der Waals surface area contributed by atoms with Gasteiger partial charge < -0.3 is 20.1 Å². The molecule has 2 N–H and O–H groups in total. The molecule has 6 nitrogen and oxygen atoms in total. The van der Waals surface area contributed by atoms with Crippen molar-refractivity contribution < 1.29 is 19.4 Å². The van der Waals surface area contributed by atoms with Gasteiger partial charge in [-0.25, -0.2) is 0 Å². The van der Waals surface area contributed by atoms with Gasteiger partial charge in [-0.2, -0.15) is 0 Å². The maximum absolute atomic E-state index is 13.9. The molecule has 2 amide bonds. The van der Waals surface area contributed by atoms with E-state index in [4.69, 9.17) is 4.74 Å². The second-order valence-electron chi connectivity index (χ2n) is 11.7. The highest BCUT2D eigenvalue weighted by Gasteiger charge is 2.22. The van der Waals surface area contributed by atoms with Crippen molar-refractivity contribution in [2.75, 3.05) is 25.5 Å². The molecular formula is C36H56N2O4. The third kappa shape index (κ3) is 11.3. The Balaban J connectivity index is 2.30. The third-order valence-corrected chi connectivity index (χ3v) is 8.10. The van der Waals surface area contributed by atoms with Gasteiger partial charge in [0.05, 0.1) is 12.7 Å². The highest BCUT2D eigenvalue weighted by Crippen LogP contribution is 2.32. The standard InChI is InChI=1S/C36H56N2O4/c1-7-10-12-14-16-18-20-38(21-19-17-15-13-11-8-2)36(41)32-25-29(22-28(5)35(32)40)24-31-27(4)23-30(42-6)26-33(31)37-34(39)9-3/h22-23,25-26,40H,7-21,24H2,1-6H3,(H,37,39). The molecule has 0 aliphatic rings. The van der Waals surface area contributed by atoms with Gasteiger partial charge in [-0.3, -0.25) is 9.59 Å². The first-order valence-corrected chi connectivity index (χ1v) is 16.3. The molecule has 2 aromatic carbocycles. The lowest BCUT2D eigenvalue weighted by atomic mass is 9.94. The van der Waals surface area contributed by atoms with E-state index in [2.05, 4.69) is 19.2 Å². The van der Waals surface area contributed by atoms with Crippen LogP contribution in [0.3, 0.4) is 0 Å². The lowest BCUT2D eigenvalue weighted by molar-refractivity contribution is -0.115. The van der Waals surface area contributed by atoms with Gasteiger partial charge in [0.25, 0.3) is 5.91 Å². The molecule has 2 rings (SSSR count). The number of benzene rings is 2. The van der Waals surface area contributed by atoms with Crippen molar-refractivity contribution in [2.45, 2.75) is 125 Å². The molecule has 0 radical (unpaired) electrons. The fourth-order valence-corrected chi connectivity index (χ4v) is 5.46. The fourth-order valence-electron chi connectivity index (χ4n) is 5.46. The summed E-state index contributed by atoms with van der Waals surface area (Å²) in [7, 11) is 1.61. The number of aromatic hydroxyl groups is 1. The highest BCUT2D eigenvalue weighted by molar-refractivity contribution is 5.97. The number of nitrogens with zero attached hydrogens (tertiary/aromatic N) is 1. The van der Waals surface area contributed by atoms with Crippen LogP contribution in [0.25, 0.3) is 0 Å². The summed E-state index contributed by atoms with van der Waals surface area (Å²) in [6.07, 6.45) is 15.0. The number of hydrogen-bond acceptors (Lipinski definition) is 4. The predicted octanol–water partition coefficient (Wildman–Crippen LogP) is 9.12. The van der Waals surface area contributed by atoms with Crippen molar-refractivity contribution in [3.63, 3.8) is 0 Å². The molecule has 0 spiro atoms. The number of rotatable bonds is 20. The fraction of sp³-hybridized carbons (Fsp3) is 0.611. The Hall–Kier alpha value is -3.02. The number of amides is 2. The Morgan fingerprint density at radius 3 is 1.90 bits per heavy atom. The van der Waals surface area contributed by atoms with E-state index in [1.165, 1.54) is 51.4 Å². The molecule has 0 saturated heterocycles. The maximum Gasteiger partial charge on any atom is 0.257 e. The van der Waals surface area contributed by atoms with Gasteiger partial charge in [0, 0.05) is 31.3 Å². The van der Waals surface area contributed by atoms with E-state index >= 15 is 0 Å². The van der Waals surface area contributed by atoms with E-state index in [0.717, 1.165) is 42.4 Å². The molecule has 0 heterocycles. The van der Waals surface area contributed by atoms with Gasteiger partial charge in [0.2, 0.25) is 5.91 Å². The third-order valence-electron chi connectivity index (χ3n) is 8.10. The number of methoxy groups -OCH3 is 1. The molecule has 0 aliphatic carbocycles. The molecule has 0 fully saturated rings. The van der Waals surface area contributed by atoms with E-state index in [0.29, 0.717) is 48.5 Å². The molecule has 0 atom stereocenters. The van der Waals surface area contributed by atoms with E-state index in [-0.39, 0.29) is 17.6 Å². The Labute approximate surface area is 255 Å². The minimum absolute atomic E-state index is 0.0607. The first-order chi connectivity index (χ1) is 20.2. The van der Waals surface area contributed by atoms with Crippen LogP contribution in [-0.4, -0.2) is 42.0 Å². The first-order valence-electron chi connectivity index (χ1n) is 16.3. The van der Waals surface area contributed by atoms with Crippen LogP contribution in [0.15, 0.2) is 24.3 Å². The topological polar surface area (TPSA) is 78.9 Å². The maximum atomic E-state index is 13.9. The quantitative estimate of drug-likeness (QED) is 0.153. The number of unbranched alkanes of at least 4 members (excludes halogenated alkanes) is 10. The Morgan fingerprint density at radius 2 is 1.36 bits per heavy atom. The van der Waals surface area contributed by atoms with Crippen molar-refractivity contribution >= 4 is 17.5 Å². The Bertz CT molecular complexity index is 1110. The first kappa shape index (κ1) is 35.2. The summed E-state index contributed by atoms with van der Waals surface area (Å²) in [5, 5.41) is 14.1. The summed E-state index contributed by atoms with van der Waals surface area (Å²) in [6.45, 7) is 11.6. The summed E-state index contributed by atoms with van der Waals surface area (Å²) in [5.41, 5.74) is 4.65. The summed E-state index contributed by atoms with van der Waals surface area (Å²) in [6, 6.07) is 7.58. The minimum Gasteiger partial charge on any atom is -0.507 e. The lowest BCUT2D eigenvalue weighted by Gasteiger charge is -2.24. The van der Waals surface area contributed by atoms with Gasteiger partial charge in [0.15, 0.2) is 0 Å². The zero-order valence-electron chi connectivity index (χ0n) is 27.2. The van der Waals surface area contributed by atoms with Gasteiger partial charge >= 0.3 is 0 Å². The largest absolute Gasteiger partial charge is 0.507 e. The van der Waals surface area contributed by atoms with Gasteiger partial charge in [-0.05, 0) is 67.5 Å². The van der Waals surface area contributed by atoms with Crippen molar-refractivity contribution in [2.24, 2.45) is 0 Å². The summed E-state index contributed by atoms with van der Waals surface area (Å²) >= 11 is 0. The van der Waals surface area contributed by atoms with Crippen molar-refractivity contribution in [1.82, 2.24) is 4.90 Å².